The molecule has 0 fully saturated rings. The van der Waals surface area contributed by atoms with Gasteiger partial charge >= 0.3 is 0 Å². The molecular formula is C22H30O2Si. The van der Waals surface area contributed by atoms with Crippen LogP contribution in [0, 0.1) is 0 Å². The highest BCUT2D eigenvalue weighted by Gasteiger charge is 2.31. The van der Waals surface area contributed by atoms with Crippen LogP contribution >= 0.6 is 0 Å². The van der Waals surface area contributed by atoms with Gasteiger partial charge in [-0.25, -0.2) is 0 Å². The van der Waals surface area contributed by atoms with Crippen LogP contribution in [0.25, 0.3) is 5.76 Å². The summed E-state index contributed by atoms with van der Waals surface area (Å²) in [5.41, 5.74) is 2.30. The van der Waals surface area contributed by atoms with Gasteiger partial charge in [0.25, 0.3) is 0 Å². The van der Waals surface area contributed by atoms with Crippen LogP contribution < -0.4 is 4.74 Å². The van der Waals surface area contributed by atoms with Crippen LogP contribution in [-0.2, 0) is 11.0 Å². The molecule has 0 unspecified atom stereocenters. The van der Waals surface area contributed by atoms with E-state index in [1.54, 1.807) is 0 Å². The maximum absolute atomic E-state index is 6.55. The Labute approximate surface area is 153 Å². The molecule has 0 aliphatic heterocycles. The van der Waals surface area contributed by atoms with Crippen LogP contribution in [0.2, 0.25) is 18.1 Å². The molecule has 2 aromatic rings. The number of hydrogen-bond donors (Lipinski definition) is 0. The Balaban J connectivity index is 2.04. The summed E-state index contributed by atoms with van der Waals surface area (Å²) in [5.74, 6) is 1.89. The fourth-order valence-corrected chi connectivity index (χ4v) is 5.58. The lowest BCUT2D eigenvalue weighted by Gasteiger charge is -2.30. The molecule has 3 heteroatoms. The number of hydrogen-bond acceptors (Lipinski definition) is 2. The van der Waals surface area contributed by atoms with Gasteiger partial charge in [-0.15, -0.1) is 0 Å². The Morgan fingerprint density at radius 1 is 0.880 bits per heavy atom. The number of rotatable bonds is 9. The summed E-state index contributed by atoms with van der Waals surface area (Å²) < 4.78 is 12.4. The quantitative estimate of drug-likeness (QED) is 0.371. The number of allylic oxidation sites excluding steroid dienone is 1. The van der Waals surface area contributed by atoms with E-state index in [1.165, 1.54) is 5.56 Å². The topological polar surface area (TPSA) is 18.5 Å². The number of ether oxygens (including phenoxy) is 1. The van der Waals surface area contributed by atoms with Crippen molar-refractivity contribution >= 4 is 14.1 Å². The van der Waals surface area contributed by atoms with Crippen molar-refractivity contribution in [2.24, 2.45) is 0 Å². The summed E-state index contributed by atoms with van der Waals surface area (Å²) in [6, 6.07) is 21.9. The van der Waals surface area contributed by atoms with Crippen molar-refractivity contribution in [2.75, 3.05) is 0 Å². The molecule has 0 aromatic heterocycles. The fraction of sp³-hybridized carbons (Fsp3) is 0.364. The molecule has 25 heavy (non-hydrogen) atoms. The van der Waals surface area contributed by atoms with Gasteiger partial charge in [0.2, 0.25) is 8.32 Å². The van der Waals surface area contributed by atoms with Crippen LogP contribution in [0.3, 0.4) is 0 Å². The van der Waals surface area contributed by atoms with E-state index < -0.39 is 8.32 Å². The van der Waals surface area contributed by atoms with Gasteiger partial charge in [0.05, 0.1) is 0 Å². The molecule has 0 saturated heterocycles. The standard InChI is InChI=1S/C22H30O2Si/c1-5-22(24-25(6-2,7-3)8-4)20-14-16-21(17-15-20)23-18-19-12-10-9-11-13-19/h5,9-17H,6-8,18H2,1-4H3/b22-5-. The van der Waals surface area contributed by atoms with E-state index in [0.29, 0.717) is 6.61 Å². The first-order valence-electron chi connectivity index (χ1n) is 9.28. The first kappa shape index (κ1) is 19.3. The molecule has 134 valence electrons. The zero-order chi connectivity index (χ0) is 18.1. The minimum atomic E-state index is -1.66. The van der Waals surface area contributed by atoms with Crippen molar-refractivity contribution in [2.45, 2.75) is 52.4 Å². The number of benzene rings is 2. The van der Waals surface area contributed by atoms with Crippen LogP contribution in [0.5, 0.6) is 5.75 Å². The predicted octanol–water partition coefficient (Wildman–Crippen LogP) is 6.65. The third kappa shape index (κ3) is 5.23. The van der Waals surface area contributed by atoms with Gasteiger partial charge in [0, 0.05) is 5.56 Å². The molecule has 2 nitrogen and oxygen atoms in total. The lowest BCUT2D eigenvalue weighted by molar-refractivity contribution is 0.306. The van der Waals surface area contributed by atoms with Gasteiger partial charge in [-0.1, -0.05) is 51.1 Å². The van der Waals surface area contributed by atoms with Crippen molar-refractivity contribution in [1.82, 2.24) is 0 Å². The lowest BCUT2D eigenvalue weighted by atomic mass is 10.2. The van der Waals surface area contributed by atoms with Crippen LogP contribution in [-0.4, -0.2) is 8.32 Å². The summed E-state index contributed by atoms with van der Waals surface area (Å²) in [6.07, 6.45) is 2.09. The largest absolute Gasteiger partial charge is 0.543 e. The van der Waals surface area contributed by atoms with E-state index in [4.69, 9.17) is 9.16 Å². The van der Waals surface area contributed by atoms with Crippen LogP contribution in [0.4, 0.5) is 0 Å². The molecule has 2 aromatic carbocycles. The summed E-state index contributed by atoms with van der Waals surface area (Å²) in [7, 11) is -1.66. The summed E-state index contributed by atoms with van der Waals surface area (Å²) in [4.78, 5) is 0. The molecule has 0 atom stereocenters. The first-order chi connectivity index (χ1) is 12.2. The van der Waals surface area contributed by atoms with Gasteiger partial charge < -0.3 is 9.16 Å². The van der Waals surface area contributed by atoms with Gasteiger partial charge in [-0.3, -0.25) is 0 Å². The molecule has 2 rings (SSSR count). The smallest absolute Gasteiger partial charge is 0.250 e. The van der Waals surface area contributed by atoms with Gasteiger partial charge in [-0.05, 0) is 61.0 Å². The third-order valence-electron chi connectivity index (χ3n) is 4.91. The normalized spacial score (nSPS) is 12.1. The van der Waals surface area contributed by atoms with E-state index in [0.717, 1.165) is 35.2 Å². The highest BCUT2D eigenvalue weighted by Crippen LogP contribution is 2.30. The predicted molar refractivity (Wildman–Crippen MR) is 109 cm³/mol. The minimum absolute atomic E-state index is 0.588. The van der Waals surface area contributed by atoms with Crippen LogP contribution in [0.1, 0.15) is 38.8 Å². The van der Waals surface area contributed by atoms with Crippen molar-refractivity contribution in [3.05, 3.63) is 71.8 Å². The Hall–Kier alpha value is -2.00. The van der Waals surface area contributed by atoms with Crippen molar-refractivity contribution in [3.8, 4) is 5.75 Å². The van der Waals surface area contributed by atoms with E-state index in [9.17, 15) is 0 Å². The Kier molecular flexibility index (Phi) is 7.32. The summed E-state index contributed by atoms with van der Waals surface area (Å²) in [6.45, 7) is 9.41. The maximum Gasteiger partial charge on any atom is 0.250 e. The highest BCUT2D eigenvalue weighted by molar-refractivity contribution is 6.74. The zero-order valence-electron chi connectivity index (χ0n) is 15.9. The lowest BCUT2D eigenvalue weighted by Crippen LogP contribution is -2.35. The van der Waals surface area contributed by atoms with Crippen molar-refractivity contribution in [1.29, 1.82) is 0 Å². The summed E-state index contributed by atoms with van der Waals surface area (Å²) in [5, 5.41) is 0. The average Bonchev–Trinajstić information content (AvgIpc) is 2.69. The maximum atomic E-state index is 6.55. The van der Waals surface area contributed by atoms with Crippen molar-refractivity contribution in [3.63, 3.8) is 0 Å². The second-order valence-electron chi connectivity index (χ2n) is 6.30. The monoisotopic (exact) mass is 354 g/mol. The van der Waals surface area contributed by atoms with Gasteiger partial charge in [0.15, 0.2) is 0 Å². The highest BCUT2D eigenvalue weighted by atomic mass is 28.4. The zero-order valence-corrected chi connectivity index (χ0v) is 16.9. The molecule has 0 amide bonds. The Bertz CT molecular complexity index is 650. The van der Waals surface area contributed by atoms with Gasteiger partial charge in [0.1, 0.15) is 18.1 Å². The molecule has 0 saturated carbocycles. The molecule has 0 aliphatic carbocycles. The fourth-order valence-electron chi connectivity index (χ4n) is 2.94. The van der Waals surface area contributed by atoms with E-state index >= 15 is 0 Å². The molecule has 0 heterocycles. The average molecular weight is 355 g/mol. The molecule has 0 N–H and O–H groups in total. The SMILES string of the molecule is C/C=C(\O[Si](CC)(CC)CC)c1ccc(OCc2ccccc2)cc1. The molecule has 0 aliphatic rings. The molecular weight excluding hydrogens is 324 g/mol. The second kappa shape index (κ2) is 9.47. The Morgan fingerprint density at radius 2 is 1.48 bits per heavy atom. The van der Waals surface area contributed by atoms with Crippen LogP contribution in [0.15, 0.2) is 60.7 Å². The molecule has 0 spiro atoms. The second-order valence-corrected chi connectivity index (χ2v) is 11.0. The summed E-state index contributed by atoms with van der Waals surface area (Å²) >= 11 is 0. The molecule has 0 radical (unpaired) electrons. The van der Waals surface area contributed by atoms with E-state index in [2.05, 4.69) is 58.0 Å². The van der Waals surface area contributed by atoms with Gasteiger partial charge in [-0.2, -0.15) is 0 Å². The first-order valence-corrected chi connectivity index (χ1v) is 11.8. The van der Waals surface area contributed by atoms with Crippen molar-refractivity contribution < 1.29 is 9.16 Å². The minimum Gasteiger partial charge on any atom is -0.543 e. The molecule has 0 bridgehead atoms. The Morgan fingerprint density at radius 3 is 2.00 bits per heavy atom. The third-order valence-corrected chi connectivity index (χ3v) is 9.43. The van der Waals surface area contributed by atoms with E-state index in [1.807, 2.05) is 30.3 Å². The van der Waals surface area contributed by atoms with E-state index in [-0.39, 0.29) is 0 Å².